The number of hydrogen-bond donors (Lipinski definition) is 1. The monoisotopic (exact) mass is 368 g/mol. The molecule has 1 aromatic heterocycles. The van der Waals surface area contributed by atoms with Crippen molar-refractivity contribution in [2.75, 3.05) is 11.9 Å². The molecule has 1 aromatic carbocycles. The maximum Gasteiger partial charge on any atom is 0.307 e. The minimum atomic E-state index is -0.309. The van der Waals surface area contributed by atoms with E-state index in [-0.39, 0.29) is 24.4 Å². The van der Waals surface area contributed by atoms with Crippen LogP contribution in [-0.4, -0.2) is 28.7 Å². The van der Waals surface area contributed by atoms with Gasteiger partial charge in [-0.1, -0.05) is 15.9 Å². The van der Waals surface area contributed by atoms with E-state index in [1.165, 1.54) is 0 Å². The zero-order valence-corrected chi connectivity index (χ0v) is 14.2. The molecule has 0 radical (unpaired) electrons. The first-order valence-corrected chi connectivity index (χ1v) is 7.67. The quantitative estimate of drug-likeness (QED) is 0.493. The van der Waals surface area contributed by atoms with E-state index in [2.05, 4.69) is 31.3 Å². The molecule has 0 fully saturated rings. The van der Waals surface area contributed by atoms with Gasteiger partial charge < -0.3 is 15.3 Å². The number of esters is 1. The molecule has 0 amide bonds. The predicted molar refractivity (Wildman–Crippen MR) is 85.3 cm³/mol. The highest BCUT2D eigenvalue weighted by Crippen LogP contribution is 2.20. The van der Waals surface area contributed by atoms with Gasteiger partial charge in [-0.25, -0.2) is 4.98 Å². The third-order valence-electron chi connectivity index (χ3n) is 2.85. The second kappa shape index (κ2) is 6.87. The van der Waals surface area contributed by atoms with E-state index in [4.69, 9.17) is 4.74 Å². The molecule has 0 aliphatic heterocycles. The van der Waals surface area contributed by atoms with Crippen molar-refractivity contribution in [3.63, 3.8) is 0 Å². The number of carbonyl (C=O) groups is 1. The van der Waals surface area contributed by atoms with Gasteiger partial charge in [0.05, 0.1) is 17.6 Å². The van der Waals surface area contributed by atoms with E-state index >= 15 is 0 Å². The summed E-state index contributed by atoms with van der Waals surface area (Å²) in [6.45, 7) is 5.76. The summed E-state index contributed by atoms with van der Waals surface area (Å²) in [5.74, 6) is -0.132. The fourth-order valence-electron chi connectivity index (χ4n) is 1.85. The highest BCUT2D eigenvalue weighted by molar-refractivity contribution is 9.10. The summed E-state index contributed by atoms with van der Waals surface area (Å²) in [6, 6.07) is 3.48. The van der Waals surface area contributed by atoms with E-state index in [9.17, 15) is 10.0 Å². The van der Waals surface area contributed by atoms with Crippen molar-refractivity contribution in [1.29, 1.82) is 0 Å². The number of nitrogens with zero attached hydrogens (tertiary/aromatic N) is 3. The highest BCUT2D eigenvalue weighted by Gasteiger charge is 2.13. The lowest BCUT2D eigenvalue weighted by Gasteiger charge is -2.08. The van der Waals surface area contributed by atoms with Gasteiger partial charge >= 0.3 is 5.97 Å². The Kier molecular flexibility index (Phi) is 5.12. The van der Waals surface area contributed by atoms with Crippen LogP contribution in [0.25, 0.3) is 11.0 Å². The maximum atomic E-state index is 11.9. The summed E-state index contributed by atoms with van der Waals surface area (Å²) in [4.78, 5) is 16.2. The topological polar surface area (TPSA) is 91.0 Å². The number of anilines is 1. The Bertz CT molecular complexity index is 706. The number of hydrogen-bond acceptors (Lipinski definition) is 6. The summed E-state index contributed by atoms with van der Waals surface area (Å²) < 4.78 is 5.88. The number of fused-ring (bicyclic) bond motifs is 1. The van der Waals surface area contributed by atoms with Crippen LogP contribution in [0.3, 0.4) is 0 Å². The Hall–Kier alpha value is -1.96. The minimum absolute atomic E-state index is 0.145. The molecule has 2 aromatic rings. The number of benzene rings is 1. The van der Waals surface area contributed by atoms with Crippen molar-refractivity contribution < 1.29 is 14.4 Å². The lowest BCUT2D eigenvalue weighted by Crippen LogP contribution is -2.34. The molecule has 118 valence electrons. The molecule has 0 spiro atoms. The summed E-state index contributed by atoms with van der Waals surface area (Å²) in [5.41, 5.74) is 1.85. The number of carbonyl (C=O) groups excluding carboxylic acids is 1. The number of aromatic nitrogens is 3. The average Bonchev–Trinajstić information content (AvgIpc) is 2.40. The van der Waals surface area contributed by atoms with Crippen LogP contribution in [0, 0.1) is 12.1 Å². The summed E-state index contributed by atoms with van der Waals surface area (Å²) in [6.07, 6.45) is 0.0320. The molecule has 1 N–H and O–H groups in total. The molecule has 8 heteroatoms. The van der Waals surface area contributed by atoms with Gasteiger partial charge in [0.15, 0.2) is 0 Å². The van der Waals surface area contributed by atoms with E-state index in [0.717, 1.165) is 10.0 Å². The number of nitrogens with one attached hydrogen (secondary N) is 1. The van der Waals surface area contributed by atoms with Crippen molar-refractivity contribution >= 4 is 38.9 Å². The molecule has 0 aliphatic rings. The van der Waals surface area contributed by atoms with Gasteiger partial charge in [0, 0.05) is 17.1 Å². The summed E-state index contributed by atoms with van der Waals surface area (Å²) in [5, 5.41) is 18.6. The van der Waals surface area contributed by atoms with Crippen LogP contribution in [0.4, 0.5) is 5.95 Å². The fourth-order valence-corrected chi connectivity index (χ4v) is 2.18. The van der Waals surface area contributed by atoms with Crippen molar-refractivity contribution in [3.8, 4) is 0 Å². The SMILES string of the molecule is Cc1cc2c(cc1Br)nc(NCCC(=O)OC(C)C)n[n+]2[O-]. The largest absolute Gasteiger partial charge is 0.594 e. The zero-order valence-electron chi connectivity index (χ0n) is 12.6. The number of aryl methyl sites for hydroxylation is 1. The van der Waals surface area contributed by atoms with E-state index < -0.39 is 0 Å². The van der Waals surface area contributed by atoms with Gasteiger partial charge in [0.2, 0.25) is 0 Å². The molecule has 0 saturated carbocycles. The van der Waals surface area contributed by atoms with Gasteiger partial charge in [0.25, 0.3) is 11.5 Å². The number of ether oxygens (including phenoxy) is 1. The molecule has 7 nitrogen and oxygen atoms in total. The first-order chi connectivity index (χ1) is 10.4. The van der Waals surface area contributed by atoms with Crippen molar-refractivity contribution in [1.82, 2.24) is 10.1 Å². The van der Waals surface area contributed by atoms with Crippen LogP contribution < -0.4 is 10.2 Å². The lowest BCUT2D eigenvalue weighted by atomic mass is 10.2. The number of halogens is 1. The first kappa shape index (κ1) is 16.4. The molecular weight excluding hydrogens is 352 g/mol. The normalized spacial score (nSPS) is 11.0. The predicted octanol–water partition coefficient (Wildman–Crippen LogP) is 2.09. The maximum absolute atomic E-state index is 11.9. The highest BCUT2D eigenvalue weighted by atomic mass is 79.9. The molecule has 0 aliphatic carbocycles. The smallest absolute Gasteiger partial charge is 0.307 e. The van der Waals surface area contributed by atoms with Crippen molar-refractivity contribution in [2.24, 2.45) is 0 Å². The Labute approximate surface area is 136 Å². The summed E-state index contributed by atoms with van der Waals surface area (Å²) in [7, 11) is 0. The molecular formula is C14H17BrN4O3. The van der Waals surface area contributed by atoms with Crippen molar-refractivity contribution in [2.45, 2.75) is 33.3 Å². The van der Waals surface area contributed by atoms with E-state index in [1.54, 1.807) is 26.0 Å². The van der Waals surface area contributed by atoms with E-state index in [0.29, 0.717) is 22.4 Å². The third kappa shape index (κ3) is 4.03. The van der Waals surface area contributed by atoms with Gasteiger partial charge in [-0.3, -0.25) is 4.79 Å². The van der Waals surface area contributed by atoms with Crippen LogP contribution >= 0.6 is 15.9 Å². The molecule has 0 unspecified atom stereocenters. The standard InChI is InChI=1S/C14H17BrN4O3/c1-8(2)22-13(20)4-5-16-14-17-11-7-10(15)9(3)6-12(11)19(21)18-14/h6-8H,4-5H2,1-3H3,(H,16,17,18). The third-order valence-corrected chi connectivity index (χ3v) is 3.71. The van der Waals surface area contributed by atoms with Crippen LogP contribution in [0.2, 0.25) is 0 Å². The second-order valence-electron chi connectivity index (χ2n) is 5.11. The van der Waals surface area contributed by atoms with Gasteiger partial charge in [-0.05, 0) is 37.2 Å². The van der Waals surface area contributed by atoms with Crippen molar-refractivity contribution in [3.05, 3.63) is 27.4 Å². The molecule has 1 heterocycles. The molecule has 0 saturated heterocycles. The van der Waals surface area contributed by atoms with Gasteiger partial charge in [-0.15, -0.1) is 0 Å². The summed E-state index contributed by atoms with van der Waals surface area (Å²) >= 11 is 3.41. The van der Waals surface area contributed by atoms with Gasteiger partial charge in [0.1, 0.15) is 5.52 Å². The van der Waals surface area contributed by atoms with Crippen LogP contribution in [0.1, 0.15) is 25.8 Å². The average molecular weight is 369 g/mol. The minimum Gasteiger partial charge on any atom is -0.594 e. The van der Waals surface area contributed by atoms with Gasteiger partial charge in [-0.2, -0.15) is 0 Å². The van der Waals surface area contributed by atoms with Crippen LogP contribution in [0.15, 0.2) is 16.6 Å². The molecule has 0 atom stereocenters. The second-order valence-corrected chi connectivity index (χ2v) is 5.97. The molecule has 0 bridgehead atoms. The fraction of sp³-hybridized carbons (Fsp3) is 0.429. The molecule has 2 rings (SSSR count). The number of rotatable bonds is 5. The van der Waals surface area contributed by atoms with Crippen LogP contribution in [0.5, 0.6) is 0 Å². The van der Waals surface area contributed by atoms with E-state index in [1.807, 2.05) is 6.92 Å². The molecule has 22 heavy (non-hydrogen) atoms. The Balaban J connectivity index is 2.09. The Morgan fingerprint density at radius 2 is 2.23 bits per heavy atom. The zero-order chi connectivity index (χ0) is 16.3. The first-order valence-electron chi connectivity index (χ1n) is 6.88. The van der Waals surface area contributed by atoms with Crippen LogP contribution in [-0.2, 0) is 9.53 Å². The lowest BCUT2D eigenvalue weighted by molar-refractivity contribution is -0.641. The Morgan fingerprint density at radius 1 is 1.50 bits per heavy atom. The Morgan fingerprint density at radius 3 is 2.91 bits per heavy atom.